The van der Waals surface area contributed by atoms with Crippen LogP contribution in [0.3, 0.4) is 0 Å². The van der Waals surface area contributed by atoms with Crippen LogP contribution in [0.25, 0.3) is 33.7 Å². The largest absolute Gasteiger partial charge is 0.436 e. The molecular weight excluding hydrogens is 306 g/mol. The van der Waals surface area contributed by atoms with Gasteiger partial charge in [-0.05, 0) is 34.2 Å². The summed E-state index contributed by atoms with van der Waals surface area (Å²) in [6.45, 7) is 6.61. The first-order chi connectivity index (χ1) is 12.0. The predicted molar refractivity (Wildman–Crippen MR) is 104 cm³/mol. The van der Waals surface area contributed by atoms with Crippen LogP contribution in [0.4, 0.5) is 0 Å². The molecule has 0 saturated carbocycles. The highest BCUT2D eigenvalue weighted by atomic mass is 16.3. The fraction of sp³-hybridized carbons (Fsp3) is 0.174. The Kier molecular flexibility index (Phi) is 3.69. The summed E-state index contributed by atoms with van der Waals surface area (Å²) < 4.78 is 6.14. The van der Waals surface area contributed by atoms with Gasteiger partial charge in [0.1, 0.15) is 5.52 Å². The number of fused-ring (bicyclic) bond motifs is 1. The normalized spacial score (nSPS) is 11.8. The maximum atomic E-state index is 6.14. The molecule has 0 unspecified atom stereocenters. The molecular formula is C23H21NO. The molecule has 0 aliphatic rings. The van der Waals surface area contributed by atoms with Crippen LogP contribution in [-0.4, -0.2) is 4.98 Å². The van der Waals surface area contributed by atoms with Crippen LogP contribution in [-0.2, 0) is 5.41 Å². The van der Waals surface area contributed by atoms with E-state index in [4.69, 9.17) is 9.40 Å². The van der Waals surface area contributed by atoms with Gasteiger partial charge in [0.15, 0.2) is 5.58 Å². The molecule has 3 aromatic carbocycles. The van der Waals surface area contributed by atoms with Gasteiger partial charge in [0.05, 0.1) is 0 Å². The van der Waals surface area contributed by atoms with Gasteiger partial charge in [0.2, 0.25) is 5.89 Å². The van der Waals surface area contributed by atoms with E-state index in [0.717, 1.165) is 27.8 Å². The van der Waals surface area contributed by atoms with Crippen LogP contribution in [0, 0.1) is 0 Å². The van der Waals surface area contributed by atoms with E-state index in [-0.39, 0.29) is 5.41 Å². The number of rotatable bonds is 2. The van der Waals surface area contributed by atoms with Gasteiger partial charge in [-0.3, -0.25) is 0 Å². The fourth-order valence-electron chi connectivity index (χ4n) is 3.21. The van der Waals surface area contributed by atoms with Gasteiger partial charge in [-0.2, -0.15) is 0 Å². The second-order valence-corrected chi connectivity index (χ2v) is 7.33. The van der Waals surface area contributed by atoms with Gasteiger partial charge >= 0.3 is 0 Å². The molecule has 0 saturated heterocycles. The molecule has 0 aliphatic heterocycles. The lowest BCUT2D eigenvalue weighted by atomic mass is 9.86. The van der Waals surface area contributed by atoms with Gasteiger partial charge in [-0.15, -0.1) is 0 Å². The SMILES string of the molecule is CC(C)(C)c1cccc2oc(-c3ccccc3-c3ccccc3)nc12. The summed E-state index contributed by atoms with van der Waals surface area (Å²) in [4.78, 5) is 4.87. The number of nitrogens with zero attached hydrogens (tertiary/aromatic N) is 1. The van der Waals surface area contributed by atoms with Crippen molar-refractivity contribution in [3.8, 4) is 22.6 Å². The van der Waals surface area contributed by atoms with E-state index in [0.29, 0.717) is 5.89 Å². The minimum atomic E-state index is 0.0204. The molecule has 2 nitrogen and oxygen atoms in total. The zero-order valence-electron chi connectivity index (χ0n) is 14.8. The smallest absolute Gasteiger partial charge is 0.227 e. The molecule has 0 spiro atoms. The van der Waals surface area contributed by atoms with Crippen molar-refractivity contribution in [2.75, 3.05) is 0 Å². The minimum Gasteiger partial charge on any atom is -0.436 e. The van der Waals surface area contributed by atoms with Gasteiger partial charge in [-0.1, -0.05) is 81.4 Å². The third kappa shape index (κ3) is 2.85. The van der Waals surface area contributed by atoms with E-state index in [1.165, 1.54) is 5.56 Å². The van der Waals surface area contributed by atoms with Crippen molar-refractivity contribution in [1.29, 1.82) is 0 Å². The molecule has 0 N–H and O–H groups in total. The second-order valence-electron chi connectivity index (χ2n) is 7.33. The Morgan fingerprint density at radius 2 is 1.40 bits per heavy atom. The lowest BCUT2D eigenvalue weighted by molar-refractivity contribution is 0.593. The topological polar surface area (TPSA) is 26.0 Å². The zero-order valence-corrected chi connectivity index (χ0v) is 14.8. The van der Waals surface area contributed by atoms with E-state index >= 15 is 0 Å². The third-order valence-corrected chi connectivity index (χ3v) is 4.47. The molecule has 124 valence electrons. The van der Waals surface area contributed by atoms with Gasteiger partial charge < -0.3 is 4.42 Å². The summed E-state index contributed by atoms with van der Waals surface area (Å²) in [5.41, 5.74) is 6.33. The van der Waals surface area contributed by atoms with Crippen LogP contribution in [0.15, 0.2) is 77.2 Å². The average molecular weight is 327 g/mol. The second kappa shape index (κ2) is 5.89. The van der Waals surface area contributed by atoms with Crippen LogP contribution >= 0.6 is 0 Å². The average Bonchev–Trinajstić information content (AvgIpc) is 3.05. The van der Waals surface area contributed by atoms with Crippen LogP contribution in [0.1, 0.15) is 26.3 Å². The monoisotopic (exact) mass is 327 g/mol. The highest BCUT2D eigenvalue weighted by Crippen LogP contribution is 2.36. The first-order valence-corrected chi connectivity index (χ1v) is 8.59. The van der Waals surface area contributed by atoms with Gasteiger partial charge in [0.25, 0.3) is 0 Å². The predicted octanol–water partition coefficient (Wildman–Crippen LogP) is 6.46. The van der Waals surface area contributed by atoms with Crippen LogP contribution < -0.4 is 0 Å². The molecule has 1 heterocycles. The lowest BCUT2D eigenvalue weighted by Crippen LogP contribution is -2.11. The lowest BCUT2D eigenvalue weighted by Gasteiger charge is -2.18. The van der Waals surface area contributed by atoms with E-state index in [1.54, 1.807) is 0 Å². The molecule has 4 rings (SSSR count). The first kappa shape index (κ1) is 15.6. The fourth-order valence-corrected chi connectivity index (χ4v) is 3.21. The summed E-state index contributed by atoms with van der Waals surface area (Å²) in [5.74, 6) is 0.672. The molecule has 1 aromatic heterocycles. The summed E-state index contributed by atoms with van der Waals surface area (Å²) in [6.07, 6.45) is 0. The van der Waals surface area contributed by atoms with Crippen molar-refractivity contribution in [3.05, 3.63) is 78.4 Å². The Balaban J connectivity index is 1.93. The number of benzene rings is 3. The third-order valence-electron chi connectivity index (χ3n) is 4.47. The molecule has 2 heteroatoms. The van der Waals surface area contributed by atoms with Crippen molar-refractivity contribution in [3.63, 3.8) is 0 Å². The van der Waals surface area contributed by atoms with Crippen molar-refractivity contribution in [2.24, 2.45) is 0 Å². The van der Waals surface area contributed by atoms with E-state index in [2.05, 4.69) is 69.3 Å². The van der Waals surface area contributed by atoms with Crippen LogP contribution in [0.2, 0.25) is 0 Å². The first-order valence-electron chi connectivity index (χ1n) is 8.59. The number of hydrogen-bond donors (Lipinski definition) is 0. The van der Waals surface area contributed by atoms with Crippen molar-refractivity contribution >= 4 is 11.1 Å². The number of oxazole rings is 1. The van der Waals surface area contributed by atoms with Gasteiger partial charge in [-0.25, -0.2) is 4.98 Å². The van der Waals surface area contributed by atoms with Crippen molar-refractivity contribution in [1.82, 2.24) is 4.98 Å². The van der Waals surface area contributed by atoms with E-state index < -0.39 is 0 Å². The number of aromatic nitrogens is 1. The Hall–Kier alpha value is -2.87. The highest BCUT2D eigenvalue weighted by molar-refractivity contribution is 5.85. The Morgan fingerprint density at radius 1 is 0.720 bits per heavy atom. The Morgan fingerprint density at radius 3 is 2.12 bits per heavy atom. The summed E-state index contributed by atoms with van der Waals surface area (Å²) >= 11 is 0. The summed E-state index contributed by atoms with van der Waals surface area (Å²) in [6, 6.07) is 24.8. The molecule has 0 amide bonds. The summed E-state index contributed by atoms with van der Waals surface area (Å²) in [5, 5.41) is 0. The molecule has 0 fully saturated rings. The summed E-state index contributed by atoms with van der Waals surface area (Å²) in [7, 11) is 0. The maximum absolute atomic E-state index is 6.14. The van der Waals surface area contributed by atoms with Crippen LogP contribution in [0.5, 0.6) is 0 Å². The number of para-hydroxylation sites is 1. The minimum absolute atomic E-state index is 0.0204. The van der Waals surface area contributed by atoms with E-state index in [1.807, 2.05) is 24.3 Å². The molecule has 0 atom stereocenters. The molecule has 0 aliphatic carbocycles. The van der Waals surface area contributed by atoms with E-state index in [9.17, 15) is 0 Å². The maximum Gasteiger partial charge on any atom is 0.227 e. The molecule has 0 bridgehead atoms. The molecule has 0 radical (unpaired) electrons. The quantitative estimate of drug-likeness (QED) is 0.422. The Labute approximate surface area is 148 Å². The number of hydrogen-bond acceptors (Lipinski definition) is 2. The molecule has 4 aromatic rings. The van der Waals surface area contributed by atoms with Crippen molar-refractivity contribution in [2.45, 2.75) is 26.2 Å². The highest BCUT2D eigenvalue weighted by Gasteiger charge is 2.21. The molecule has 25 heavy (non-hydrogen) atoms. The standard InChI is InChI=1S/C23H21NO/c1-23(2,3)19-14-9-15-20-21(19)24-22(25-20)18-13-8-7-12-17(18)16-10-5-4-6-11-16/h4-15H,1-3H3. The zero-order chi connectivity index (χ0) is 17.4. The van der Waals surface area contributed by atoms with Crippen molar-refractivity contribution < 1.29 is 4.42 Å². The van der Waals surface area contributed by atoms with Gasteiger partial charge in [0, 0.05) is 5.56 Å². The Bertz CT molecular complexity index is 1020.